The molecule has 0 aliphatic carbocycles. The van der Waals surface area contributed by atoms with E-state index in [2.05, 4.69) is 5.32 Å². The number of amides is 1. The molecule has 0 unspecified atom stereocenters. The van der Waals surface area contributed by atoms with Crippen molar-refractivity contribution < 1.29 is 22.3 Å². The Morgan fingerprint density at radius 3 is 2.32 bits per heavy atom. The number of carbonyl (C=O) groups is 1. The molecule has 6 nitrogen and oxygen atoms in total. The lowest BCUT2D eigenvalue weighted by Crippen LogP contribution is -2.41. The highest BCUT2D eigenvalue weighted by atomic mass is 32.2. The number of sulfonamides is 1. The van der Waals surface area contributed by atoms with Crippen LogP contribution in [0.5, 0.6) is 0 Å². The predicted octanol–water partition coefficient (Wildman–Crippen LogP) is 2.48. The topological polar surface area (TPSA) is 75.7 Å². The van der Waals surface area contributed by atoms with Gasteiger partial charge in [-0.25, -0.2) is 12.8 Å². The largest absolute Gasteiger partial charge is 0.379 e. The van der Waals surface area contributed by atoms with Crippen LogP contribution < -0.4 is 5.32 Å². The van der Waals surface area contributed by atoms with E-state index in [-0.39, 0.29) is 23.5 Å². The van der Waals surface area contributed by atoms with E-state index in [1.807, 2.05) is 6.92 Å². The lowest BCUT2D eigenvalue weighted by atomic mass is 10.1. The number of hydrogen-bond donors (Lipinski definition) is 1. The summed E-state index contributed by atoms with van der Waals surface area (Å²) in [6.07, 6.45) is 0. The van der Waals surface area contributed by atoms with Gasteiger partial charge in [0.1, 0.15) is 5.82 Å². The van der Waals surface area contributed by atoms with Crippen LogP contribution in [0.4, 0.5) is 4.39 Å². The normalized spacial score (nSPS) is 16.5. The van der Waals surface area contributed by atoms with Crippen LogP contribution in [-0.4, -0.2) is 44.9 Å². The van der Waals surface area contributed by atoms with E-state index < -0.39 is 10.0 Å². The van der Waals surface area contributed by atoms with Gasteiger partial charge in [0.15, 0.2) is 0 Å². The minimum absolute atomic E-state index is 0.110. The highest BCUT2D eigenvalue weighted by molar-refractivity contribution is 7.88. The summed E-state index contributed by atoms with van der Waals surface area (Å²) in [6.45, 7) is 3.36. The van der Waals surface area contributed by atoms with Gasteiger partial charge in [0, 0.05) is 18.7 Å². The number of ether oxygens (including phenoxy) is 1. The molecule has 1 aliphatic rings. The molecular weight excluding hydrogens is 383 g/mol. The Morgan fingerprint density at radius 2 is 1.71 bits per heavy atom. The SMILES string of the molecule is C[C@@H](NC(=O)c1ccc(CS(=O)(=O)N2CCOCC2)cc1)c1ccc(F)cc1. The second-order valence-electron chi connectivity index (χ2n) is 6.71. The highest BCUT2D eigenvalue weighted by Gasteiger charge is 2.24. The molecular formula is C20H23FN2O4S. The third kappa shape index (κ3) is 5.15. The summed E-state index contributed by atoms with van der Waals surface area (Å²) >= 11 is 0. The Kier molecular flexibility index (Phi) is 6.43. The van der Waals surface area contributed by atoms with Crippen LogP contribution in [0.25, 0.3) is 0 Å². The molecule has 2 aromatic rings. The third-order valence-electron chi connectivity index (χ3n) is 4.65. The molecule has 0 spiro atoms. The van der Waals surface area contributed by atoms with E-state index in [4.69, 9.17) is 4.74 Å². The van der Waals surface area contributed by atoms with Crippen molar-refractivity contribution in [1.29, 1.82) is 0 Å². The van der Waals surface area contributed by atoms with Crippen LogP contribution >= 0.6 is 0 Å². The number of nitrogens with one attached hydrogen (secondary N) is 1. The molecule has 0 radical (unpaired) electrons. The number of carbonyl (C=O) groups excluding carboxylic acids is 1. The van der Waals surface area contributed by atoms with Gasteiger partial charge in [0.25, 0.3) is 5.91 Å². The molecule has 1 amide bonds. The minimum Gasteiger partial charge on any atom is -0.379 e. The van der Waals surface area contributed by atoms with Crippen LogP contribution in [0, 0.1) is 5.82 Å². The molecule has 28 heavy (non-hydrogen) atoms. The van der Waals surface area contributed by atoms with Gasteiger partial charge in [0.2, 0.25) is 10.0 Å². The summed E-state index contributed by atoms with van der Waals surface area (Å²) in [6, 6.07) is 12.2. The van der Waals surface area contributed by atoms with Crippen molar-refractivity contribution >= 4 is 15.9 Å². The summed E-state index contributed by atoms with van der Waals surface area (Å²) in [5, 5.41) is 2.85. The summed E-state index contributed by atoms with van der Waals surface area (Å²) in [4.78, 5) is 12.4. The van der Waals surface area contributed by atoms with E-state index in [1.54, 1.807) is 36.4 Å². The molecule has 0 aromatic heterocycles. The second kappa shape index (κ2) is 8.81. The van der Waals surface area contributed by atoms with Crippen LogP contribution in [0.3, 0.4) is 0 Å². The molecule has 2 aromatic carbocycles. The van der Waals surface area contributed by atoms with Crippen LogP contribution in [0.2, 0.25) is 0 Å². The Hall–Kier alpha value is -2.29. The number of nitrogens with zero attached hydrogens (tertiary/aromatic N) is 1. The quantitative estimate of drug-likeness (QED) is 0.800. The van der Waals surface area contributed by atoms with Gasteiger partial charge >= 0.3 is 0 Å². The smallest absolute Gasteiger partial charge is 0.251 e. The van der Waals surface area contributed by atoms with Crippen LogP contribution in [0.15, 0.2) is 48.5 Å². The van der Waals surface area contributed by atoms with Crippen molar-refractivity contribution in [1.82, 2.24) is 9.62 Å². The molecule has 1 fully saturated rings. The average molecular weight is 406 g/mol. The zero-order valence-electron chi connectivity index (χ0n) is 15.6. The highest BCUT2D eigenvalue weighted by Crippen LogP contribution is 2.16. The fraction of sp³-hybridized carbons (Fsp3) is 0.350. The van der Waals surface area contributed by atoms with Crippen molar-refractivity contribution in [3.8, 4) is 0 Å². The van der Waals surface area contributed by atoms with Crippen molar-refractivity contribution in [2.75, 3.05) is 26.3 Å². The second-order valence-corrected chi connectivity index (χ2v) is 8.68. The molecule has 1 atom stereocenters. The standard InChI is InChI=1S/C20H23FN2O4S/c1-15(17-6-8-19(21)9-7-17)22-20(24)18-4-2-16(3-5-18)14-28(25,26)23-10-12-27-13-11-23/h2-9,15H,10-14H2,1H3,(H,22,24)/t15-/m1/s1. The lowest BCUT2D eigenvalue weighted by Gasteiger charge is -2.26. The number of morpholine rings is 1. The first-order valence-electron chi connectivity index (χ1n) is 9.06. The zero-order valence-corrected chi connectivity index (χ0v) is 16.4. The van der Waals surface area contributed by atoms with Gasteiger partial charge in [-0.3, -0.25) is 4.79 Å². The number of hydrogen-bond acceptors (Lipinski definition) is 4. The summed E-state index contributed by atoms with van der Waals surface area (Å²) in [5.41, 5.74) is 1.85. The third-order valence-corrected chi connectivity index (χ3v) is 6.50. The summed E-state index contributed by atoms with van der Waals surface area (Å²) < 4.78 is 44.6. The molecule has 3 rings (SSSR count). The molecule has 0 saturated carbocycles. The number of rotatable bonds is 6. The van der Waals surface area contributed by atoms with Crippen molar-refractivity contribution in [2.45, 2.75) is 18.7 Å². The van der Waals surface area contributed by atoms with Gasteiger partial charge in [-0.05, 0) is 42.3 Å². The number of halogens is 1. The van der Waals surface area contributed by atoms with Crippen molar-refractivity contribution in [3.05, 3.63) is 71.0 Å². The van der Waals surface area contributed by atoms with E-state index in [9.17, 15) is 17.6 Å². The maximum absolute atomic E-state index is 13.0. The Balaban J connectivity index is 1.61. The first kappa shape index (κ1) is 20.4. The maximum Gasteiger partial charge on any atom is 0.251 e. The zero-order chi connectivity index (χ0) is 20.1. The molecule has 8 heteroatoms. The Morgan fingerprint density at radius 1 is 1.11 bits per heavy atom. The van der Waals surface area contributed by atoms with Crippen LogP contribution in [-0.2, 0) is 20.5 Å². The summed E-state index contributed by atoms with van der Waals surface area (Å²) in [7, 11) is -3.41. The van der Waals surface area contributed by atoms with Gasteiger partial charge in [0.05, 0.1) is 25.0 Å². The lowest BCUT2D eigenvalue weighted by molar-refractivity contribution is 0.0729. The predicted molar refractivity (Wildman–Crippen MR) is 104 cm³/mol. The molecule has 1 N–H and O–H groups in total. The van der Waals surface area contributed by atoms with Crippen molar-refractivity contribution in [3.63, 3.8) is 0 Å². The first-order valence-corrected chi connectivity index (χ1v) is 10.7. The maximum atomic E-state index is 13.0. The molecule has 0 bridgehead atoms. The molecule has 1 aliphatic heterocycles. The Bertz CT molecular complexity index is 908. The monoisotopic (exact) mass is 406 g/mol. The number of benzene rings is 2. The fourth-order valence-corrected chi connectivity index (χ4v) is 4.50. The molecule has 1 saturated heterocycles. The van der Waals surface area contributed by atoms with Gasteiger partial charge < -0.3 is 10.1 Å². The molecule has 150 valence electrons. The average Bonchev–Trinajstić information content (AvgIpc) is 2.69. The van der Waals surface area contributed by atoms with Crippen molar-refractivity contribution in [2.24, 2.45) is 0 Å². The van der Waals surface area contributed by atoms with E-state index in [0.717, 1.165) is 5.56 Å². The van der Waals surface area contributed by atoms with E-state index in [0.29, 0.717) is 37.4 Å². The van der Waals surface area contributed by atoms with E-state index in [1.165, 1.54) is 16.4 Å². The Labute approximate surface area is 164 Å². The van der Waals surface area contributed by atoms with Gasteiger partial charge in [-0.1, -0.05) is 24.3 Å². The fourth-order valence-electron chi connectivity index (χ4n) is 2.99. The van der Waals surface area contributed by atoms with E-state index >= 15 is 0 Å². The first-order chi connectivity index (χ1) is 13.3. The minimum atomic E-state index is -3.41. The van der Waals surface area contributed by atoms with Gasteiger partial charge in [-0.15, -0.1) is 0 Å². The van der Waals surface area contributed by atoms with Gasteiger partial charge in [-0.2, -0.15) is 4.31 Å². The summed E-state index contributed by atoms with van der Waals surface area (Å²) in [5.74, 6) is -0.717. The molecule has 1 heterocycles. The van der Waals surface area contributed by atoms with Crippen LogP contribution in [0.1, 0.15) is 34.5 Å².